The summed E-state index contributed by atoms with van der Waals surface area (Å²) in [5, 5.41) is 15.0. The van der Waals surface area contributed by atoms with Crippen LogP contribution in [0.5, 0.6) is 0 Å². The highest BCUT2D eigenvalue weighted by Crippen LogP contribution is 2.38. The molecule has 0 saturated heterocycles. The second kappa shape index (κ2) is 10.2. The average Bonchev–Trinajstić information content (AvgIpc) is 3.06. The Kier molecular flexibility index (Phi) is 7.65. The van der Waals surface area contributed by atoms with Gasteiger partial charge in [-0.3, -0.25) is 19.2 Å². The molecular weight excluding hydrogens is 421 g/mol. The number of carbonyl (C=O) groups is 4. The van der Waals surface area contributed by atoms with Crippen LogP contribution in [-0.4, -0.2) is 65.2 Å². The van der Waals surface area contributed by atoms with E-state index in [9.17, 15) is 28.7 Å². The van der Waals surface area contributed by atoms with Gasteiger partial charge in [-0.05, 0) is 30.4 Å². The molecule has 4 atom stereocenters. The number of aryl methyl sites for hydroxylation is 1. The third kappa shape index (κ3) is 5.17. The van der Waals surface area contributed by atoms with Crippen LogP contribution in [0.2, 0.25) is 0 Å². The third-order valence-corrected chi connectivity index (χ3v) is 6.12. The lowest BCUT2D eigenvalue weighted by atomic mass is 9.79. The number of ether oxygens (including phenoxy) is 1. The summed E-state index contributed by atoms with van der Waals surface area (Å²) in [7, 11) is 0. The average molecular weight is 451 g/mol. The minimum Gasteiger partial charge on any atom is -0.481 e. The molecule has 10 heteroatoms. The van der Waals surface area contributed by atoms with Gasteiger partial charge in [0.2, 0.25) is 11.8 Å². The normalized spacial score (nSPS) is 23.2. The summed E-state index contributed by atoms with van der Waals surface area (Å²) < 4.78 is 18.9. The standard InChI is InChI=1S/C22H30FN3O6/c1-12(2)19(25-17(28)11-32-8-6-23)21(29)24-15-4-3-13-5-7-26-10-14(22(30)31)9-16(27)18(15)20(13)26/h5,7,12,14-15,18-19H,3-4,6,8-11H2,1-2H3,(H,24,29)(H,25,28)(H,30,31)/t14-,15-,18?,19?/m0/s1. The maximum absolute atomic E-state index is 13.1. The van der Waals surface area contributed by atoms with Gasteiger partial charge in [-0.25, -0.2) is 4.39 Å². The molecule has 2 aliphatic rings. The molecule has 2 unspecified atom stereocenters. The second-order valence-electron chi connectivity index (χ2n) is 8.75. The number of ketones is 1. The molecule has 1 aliphatic carbocycles. The van der Waals surface area contributed by atoms with Crippen LogP contribution in [0, 0.1) is 11.8 Å². The zero-order valence-corrected chi connectivity index (χ0v) is 18.3. The van der Waals surface area contributed by atoms with Crippen molar-refractivity contribution in [1.29, 1.82) is 0 Å². The second-order valence-corrected chi connectivity index (χ2v) is 8.75. The Morgan fingerprint density at radius 3 is 2.75 bits per heavy atom. The molecule has 1 aromatic rings. The molecule has 0 fully saturated rings. The molecule has 1 aliphatic heterocycles. The number of amides is 2. The van der Waals surface area contributed by atoms with Gasteiger partial charge >= 0.3 is 5.97 Å². The predicted molar refractivity (Wildman–Crippen MR) is 112 cm³/mol. The molecule has 1 aromatic heterocycles. The molecule has 3 N–H and O–H groups in total. The van der Waals surface area contributed by atoms with Crippen molar-refractivity contribution in [3.63, 3.8) is 0 Å². The Balaban J connectivity index is 1.76. The molecule has 0 radical (unpaired) electrons. The Morgan fingerprint density at radius 1 is 1.34 bits per heavy atom. The summed E-state index contributed by atoms with van der Waals surface area (Å²) in [6.45, 7) is 2.54. The van der Waals surface area contributed by atoms with Gasteiger partial charge in [0.1, 0.15) is 25.1 Å². The Labute approximate surface area is 185 Å². The minimum absolute atomic E-state index is 0.0935. The highest BCUT2D eigenvalue weighted by molar-refractivity contribution is 5.92. The highest BCUT2D eigenvalue weighted by Gasteiger charge is 2.42. The number of hydrogen-bond donors (Lipinski definition) is 3. The van der Waals surface area contributed by atoms with Crippen molar-refractivity contribution in [2.24, 2.45) is 11.8 Å². The number of alkyl halides is 1. The van der Waals surface area contributed by atoms with Crippen molar-refractivity contribution in [3.8, 4) is 0 Å². The number of nitrogens with one attached hydrogen (secondary N) is 2. The maximum Gasteiger partial charge on any atom is 0.308 e. The van der Waals surface area contributed by atoms with Crippen molar-refractivity contribution in [1.82, 2.24) is 15.2 Å². The van der Waals surface area contributed by atoms with E-state index in [2.05, 4.69) is 10.6 Å². The van der Waals surface area contributed by atoms with Crippen LogP contribution in [0.3, 0.4) is 0 Å². The van der Waals surface area contributed by atoms with Gasteiger partial charge in [0.15, 0.2) is 0 Å². The molecule has 9 nitrogen and oxygen atoms in total. The SMILES string of the molecule is CC(C)C(NC(=O)COCCF)C(=O)N[C@H]1CCc2ccn3c2C1C(=O)C[C@H](C(=O)O)C3. The molecule has 0 bridgehead atoms. The summed E-state index contributed by atoms with van der Waals surface area (Å²) in [6.07, 6.45) is 2.91. The molecule has 0 spiro atoms. The number of carboxylic acid groups (broad SMARTS) is 1. The van der Waals surface area contributed by atoms with Crippen LogP contribution in [0.1, 0.15) is 43.9 Å². The first-order valence-electron chi connectivity index (χ1n) is 10.9. The summed E-state index contributed by atoms with van der Waals surface area (Å²) >= 11 is 0. The van der Waals surface area contributed by atoms with E-state index >= 15 is 0 Å². The quantitative estimate of drug-likeness (QED) is 0.477. The Bertz CT molecular complexity index is 883. The highest BCUT2D eigenvalue weighted by atomic mass is 19.1. The monoisotopic (exact) mass is 451 g/mol. The van der Waals surface area contributed by atoms with Crippen LogP contribution < -0.4 is 10.6 Å². The van der Waals surface area contributed by atoms with Crippen molar-refractivity contribution >= 4 is 23.6 Å². The van der Waals surface area contributed by atoms with E-state index in [1.54, 1.807) is 13.8 Å². The lowest BCUT2D eigenvalue weighted by Gasteiger charge is -2.33. The van der Waals surface area contributed by atoms with Gasteiger partial charge in [-0.15, -0.1) is 0 Å². The van der Waals surface area contributed by atoms with Crippen LogP contribution in [-0.2, 0) is 36.9 Å². The molecule has 0 aromatic carbocycles. The number of Topliss-reactive ketones (excluding diaryl/α,β-unsaturated/α-hetero) is 1. The number of halogens is 1. The zero-order chi connectivity index (χ0) is 23.4. The molecule has 2 amide bonds. The number of rotatable bonds is 9. The lowest BCUT2D eigenvalue weighted by molar-refractivity contribution is -0.144. The van der Waals surface area contributed by atoms with E-state index in [0.29, 0.717) is 12.8 Å². The van der Waals surface area contributed by atoms with Crippen LogP contribution in [0.15, 0.2) is 12.3 Å². The van der Waals surface area contributed by atoms with Gasteiger partial charge in [0.25, 0.3) is 0 Å². The van der Waals surface area contributed by atoms with E-state index < -0.39 is 48.4 Å². The van der Waals surface area contributed by atoms with Crippen molar-refractivity contribution in [2.45, 2.75) is 57.7 Å². The largest absolute Gasteiger partial charge is 0.481 e. The number of carbonyl (C=O) groups excluding carboxylic acids is 3. The minimum atomic E-state index is -1.02. The zero-order valence-electron chi connectivity index (χ0n) is 18.3. The van der Waals surface area contributed by atoms with Crippen molar-refractivity contribution < 1.29 is 33.4 Å². The summed E-state index contributed by atoms with van der Waals surface area (Å²) in [6, 6.07) is 0.564. The van der Waals surface area contributed by atoms with Crippen LogP contribution >= 0.6 is 0 Å². The van der Waals surface area contributed by atoms with E-state index in [-0.39, 0.29) is 37.9 Å². The van der Waals surface area contributed by atoms with E-state index in [1.807, 2.05) is 16.8 Å². The van der Waals surface area contributed by atoms with E-state index in [0.717, 1.165) is 11.3 Å². The maximum atomic E-state index is 13.1. The van der Waals surface area contributed by atoms with Crippen LogP contribution in [0.25, 0.3) is 0 Å². The molecule has 2 heterocycles. The summed E-state index contributed by atoms with van der Waals surface area (Å²) in [5.41, 5.74) is 1.78. The Hall–Kier alpha value is -2.75. The predicted octanol–water partition coefficient (Wildman–Crippen LogP) is 0.803. The first-order chi connectivity index (χ1) is 15.2. The van der Waals surface area contributed by atoms with E-state index in [1.165, 1.54) is 0 Å². The fraction of sp³-hybridized carbons (Fsp3) is 0.636. The third-order valence-electron chi connectivity index (χ3n) is 6.12. The Morgan fingerprint density at radius 2 is 2.09 bits per heavy atom. The van der Waals surface area contributed by atoms with Gasteiger partial charge in [0.05, 0.1) is 18.4 Å². The molecular formula is C22H30FN3O6. The number of nitrogens with zero attached hydrogens (tertiary/aromatic N) is 1. The summed E-state index contributed by atoms with van der Waals surface area (Å²) in [5.74, 6) is -3.83. The van der Waals surface area contributed by atoms with Crippen molar-refractivity contribution in [3.05, 3.63) is 23.5 Å². The molecule has 32 heavy (non-hydrogen) atoms. The first kappa shape index (κ1) is 23.9. The van der Waals surface area contributed by atoms with Gasteiger partial charge in [-0.2, -0.15) is 0 Å². The van der Waals surface area contributed by atoms with Crippen molar-refractivity contribution in [2.75, 3.05) is 19.9 Å². The topological polar surface area (TPSA) is 127 Å². The molecule has 176 valence electrons. The van der Waals surface area contributed by atoms with Crippen LogP contribution in [0.4, 0.5) is 4.39 Å². The number of carboxylic acids is 1. The number of aromatic nitrogens is 1. The summed E-state index contributed by atoms with van der Waals surface area (Å²) in [4.78, 5) is 49.8. The van der Waals surface area contributed by atoms with Gasteiger partial charge in [-0.1, -0.05) is 13.8 Å². The number of hydrogen-bond acceptors (Lipinski definition) is 5. The first-order valence-corrected chi connectivity index (χ1v) is 10.9. The fourth-order valence-corrected chi connectivity index (χ4v) is 4.56. The lowest BCUT2D eigenvalue weighted by Crippen LogP contribution is -2.55. The van der Waals surface area contributed by atoms with Gasteiger partial charge < -0.3 is 25.0 Å². The number of aliphatic carboxylic acids is 1. The fourth-order valence-electron chi connectivity index (χ4n) is 4.56. The molecule has 3 rings (SSSR count). The smallest absolute Gasteiger partial charge is 0.308 e. The van der Waals surface area contributed by atoms with E-state index in [4.69, 9.17) is 4.74 Å². The molecule has 0 saturated carbocycles. The van der Waals surface area contributed by atoms with Gasteiger partial charge in [0, 0.05) is 30.9 Å².